The molecule has 1 aromatic carbocycles. The molecule has 0 radical (unpaired) electrons. The van der Waals surface area contributed by atoms with Gasteiger partial charge in [0.15, 0.2) is 5.69 Å². The summed E-state index contributed by atoms with van der Waals surface area (Å²) >= 11 is 0. The Morgan fingerprint density at radius 2 is 2.03 bits per heavy atom. The van der Waals surface area contributed by atoms with E-state index in [1.807, 2.05) is 0 Å². The maximum atomic E-state index is 13.8. The molecular formula is C18H15F5N4O2. The average Bonchev–Trinajstić information content (AvgIpc) is 2.60. The molecule has 0 aliphatic carbocycles. The molecule has 2 heterocycles. The van der Waals surface area contributed by atoms with Gasteiger partial charge in [-0.1, -0.05) is 6.07 Å². The lowest BCUT2D eigenvalue weighted by Gasteiger charge is -2.30. The monoisotopic (exact) mass is 414 g/mol. The van der Waals surface area contributed by atoms with E-state index in [9.17, 15) is 31.5 Å². The largest absolute Gasteiger partial charge is 0.433 e. The fraction of sp³-hybridized carbons (Fsp3) is 0.278. The summed E-state index contributed by atoms with van der Waals surface area (Å²) in [5.41, 5.74) is -1.42. The molecule has 3 amide bonds. The van der Waals surface area contributed by atoms with Crippen molar-refractivity contribution in [2.45, 2.75) is 25.7 Å². The molecule has 0 bridgehead atoms. The number of anilines is 1. The Labute approximate surface area is 161 Å². The van der Waals surface area contributed by atoms with Crippen LogP contribution < -0.4 is 10.6 Å². The number of benzene rings is 1. The van der Waals surface area contributed by atoms with E-state index in [0.29, 0.717) is 6.07 Å². The smallest absolute Gasteiger partial charge is 0.348 e. The fourth-order valence-electron chi connectivity index (χ4n) is 2.99. The molecule has 154 valence electrons. The average molecular weight is 414 g/mol. The summed E-state index contributed by atoms with van der Waals surface area (Å²) in [5, 5.41) is 4.73. The van der Waals surface area contributed by atoms with Gasteiger partial charge in [0.25, 0.3) is 0 Å². The molecule has 0 saturated carbocycles. The fourth-order valence-corrected chi connectivity index (χ4v) is 2.99. The van der Waals surface area contributed by atoms with Crippen LogP contribution in [0.1, 0.15) is 29.8 Å². The molecule has 2 aromatic rings. The van der Waals surface area contributed by atoms with Crippen molar-refractivity contribution >= 4 is 17.6 Å². The highest BCUT2D eigenvalue weighted by atomic mass is 19.4. The van der Waals surface area contributed by atoms with Crippen LogP contribution >= 0.6 is 0 Å². The quantitative estimate of drug-likeness (QED) is 0.751. The number of nitrogens with one attached hydrogen (secondary N) is 2. The first-order valence-electron chi connectivity index (χ1n) is 8.41. The molecule has 2 N–H and O–H groups in total. The maximum Gasteiger partial charge on any atom is 0.433 e. The molecule has 1 aliphatic rings. The van der Waals surface area contributed by atoms with Crippen LogP contribution in [0.4, 0.5) is 32.4 Å². The van der Waals surface area contributed by atoms with Crippen LogP contribution in [0.25, 0.3) is 0 Å². The minimum atomic E-state index is -4.73. The summed E-state index contributed by atoms with van der Waals surface area (Å²) in [6, 6.07) is 2.49. The summed E-state index contributed by atoms with van der Waals surface area (Å²) in [6.45, 7) is 0.409. The highest BCUT2D eigenvalue weighted by Crippen LogP contribution is 2.35. The molecule has 1 aromatic heterocycles. The van der Waals surface area contributed by atoms with Gasteiger partial charge in [0, 0.05) is 23.4 Å². The van der Waals surface area contributed by atoms with Gasteiger partial charge in [-0.15, -0.1) is 0 Å². The van der Waals surface area contributed by atoms with Crippen LogP contribution in [-0.4, -0.2) is 28.4 Å². The molecule has 0 fully saturated rings. The first kappa shape index (κ1) is 20.5. The van der Waals surface area contributed by atoms with E-state index in [0.717, 1.165) is 17.2 Å². The van der Waals surface area contributed by atoms with Crippen molar-refractivity contribution in [3.05, 3.63) is 58.9 Å². The van der Waals surface area contributed by atoms with Crippen molar-refractivity contribution in [3.8, 4) is 0 Å². The molecule has 0 unspecified atom stereocenters. The van der Waals surface area contributed by atoms with E-state index >= 15 is 0 Å². The second-order valence-corrected chi connectivity index (χ2v) is 6.42. The molecular weight excluding hydrogens is 399 g/mol. The van der Waals surface area contributed by atoms with E-state index in [-0.39, 0.29) is 16.8 Å². The number of hydrogen-bond donors (Lipinski definition) is 2. The number of hydrogen-bond acceptors (Lipinski definition) is 3. The third-order valence-corrected chi connectivity index (χ3v) is 4.34. The predicted octanol–water partition coefficient (Wildman–Crippen LogP) is 3.60. The SMILES string of the molecule is C[C@H](NC(=O)CN1Cc2c(ccnc2C(F)(F)F)NC1=O)c1ccc(F)cc1F. The van der Waals surface area contributed by atoms with Crippen LogP contribution in [0.15, 0.2) is 30.5 Å². The minimum absolute atomic E-state index is 0.0248. The zero-order chi connectivity index (χ0) is 21.3. The summed E-state index contributed by atoms with van der Waals surface area (Å²) in [7, 11) is 0. The first-order chi connectivity index (χ1) is 13.6. The van der Waals surface area contributed by atoms with Crippen LogP contribution in [0.3, 0.4) is 0 Å². The lowest BCUT2D eigenvalue weighted by atomic mass is 10.1. The number of carbonyl (C=O) groups is 2. The van der Waals surface area contributed by atoms with Crippen LogP contribution in [0.5, 0.6) is 0 Å². The van der Waals surface area contributed by atoms with Gasteiger partial charge < -0.3 is 15.5 Å². The zero-order valence-corrected chi connectivity index (χ0v) is 15.0. The molecule has 11 heteroatoms. The topological polar surface area (TPSA) is 74.3 Å². The molecule has 0 spiro atoms. The number of alkyl halides is 3. The van der Waals surface area contributed by atoms with E-state index in [1.165, 1.54) is 19.1 Å². The number of nitrogens with zero attached hydrogens (tertiary/aromatic N) is 2. The Balaban J connectivity index is 1.72. The molecule has 6 nitrogen and oxygen atoms in total. The van der Waals surface area contributed by atoms with E-state index < -0.39 is 54.6 Å². The number of halogens is 5. The Kier molecular flexibility index (Phi) is 5.40. The van der Waals surface area contributed by atoms with E-state index in [1.54, 1.807) is 0 Å². The Morgan fingerprint density at radius 1 is 1.31 bits per heavy atom. The van der Waals surface area contributed by atoms with Gasteiger partial charge in [0.05, 0.1) is 18.3 Å². The van der Waals surface area contributed by atoms with Crippen molar-refractivity contribution < 1.29 is 31.5 Å². The summed E-state index contributed by atoms with van der Waals surface area (Å²) < 4.78 is 66.3. The molecule has 3 rings (SSSR count). The lowest BCUT2D eigenvalue weighted by molar-refractivity contribution is -0.142. The number of aromatic nitrogens is 1. The highest BCUT2D eigenvalue weighted by Gasteiger charge is 2.39. The van der Waals surface area contributed by atoms with Gasteiger partial charge in [-0.05, 0) is 19.1 Å². The summed E-state index contributed by atoms with van der Waals surface area (Å²) in [6.07, 6.45) is -3.79. The zero-order valence-electron chi connectivity index (χ0n) is 15.0. The summed E-state index contributed by atoms with van der Waals surface area (Å²) in [4.78, 5) is 28.6. The third kappa shape index (κ3) is 4.44. The molecule has 0 saturated heterocycles. The Hall–Kier alpha value is -3.24. The van der Waals surface area contributed by atoms with Gasteiger partial charge in [-0.3, -0.25) is 9.78 Å². The van der Waals surface area contributed by atoms with Crippen molar-refractivity contribution in [2.75, 3.05) is 11.9 Å². The van der Waals surface area contributed by atoms with E-state index in [2.05, 4.69) is 15.6 Å². The number of fused-ring (bicyclic) bond motifs is 1. The number of rotatable bonds is 4. The van der Waals surface area contributed by atoms with Gasteiger partial charge in [-0.2, -0.15) is 13.2 Å². The number of carbonyl (C=O) groups excluding carboxylic acids is 2. The number of urea groups is 1. The normalized spacial score (nSPS) is 14.8. The van der Waals surface area contributed by atoms with Crippen LogP contribution in [-0.2, 0) is 17.5 Å². The van der Waals surface area contributed by atoms with Crippen molar-refractivity contribution in [1.29, 1.82) is 0 Å². The molecule has 29 heavy (non-hydrogen) atoms. The number of pyridine rings is 1. The lowest BCUT2D eigenvalue weighted by Crippen LogP contribution is -2.45. The Morgan fingerprint density at radius 3 is 2.69 bits per heavy atom. The molecule has 1 atom stereocenters. The van der Waals surface area contributed by atoms with Gasteiger partial charge in [0.2, 0.25) is 5.91 Å². The second-order valence-electron chi connectivity index (χ2n) is 6.42. The first-order valence-corrected chi connectivity index (χ1v) is 8.41. The van der Waals surface area contributed by atoms with Crippen molar-refractivity contribution in [3.63, 3.8) is 0 Å². The van der Waals surface area contributed by atoms with Crippen molar-refractivity contribution in [1.82, 2.24) is 15.2 Å². The molecule has 1 aliphatic heterocycles. The van der Waals surface area contributed by atoms with Crippen LogP contribution in [0.2, 0.25) is 0 Å². The third-order valence-electron chi connectivity index (χ3n) is 4.34. The van der Waals surface area contributed by atoms with E-state index in [4.69, 9.17) is 0 Å². The van der Waals surface area contributed by atoms with Gasteiger partial charge >= 0.3 is 12.2 Å². The minimum Gasteiger partial charge on any atom is -0.348 e. The predicted molar refractivity (Wildman–Crippen MR) is 91.6 cm³/mol. The Bertz CT molecular complexity index is 964. The highest BCUT2D eigenvalue weighted by molar-refractivity contribution is 5.95. The maximum absolute atomic E-state index is 13.8. The number of amides is 3. The van der Waals surface area contributed by atoms with Crippen LogP contribution in [0, 0.1) is 11.6 Å². The van der Waals surface area contributed by atoms with Crippen molar-refractivity contribution in [2.24, 2.45) is 0 Å². The van der Waals surface area contributed by atoms with Gasteiger partial charge in [0.1, 0.15) is 18.2 Å². The summed E-state index contributed by atoms with van der Waals surface area (Å²) in [5.74, 6) is -2.36. The standard InChI is InChI=1S/C18H15F5N4O2/c1-9(11-3-2-10(19)6-13(11)20)25-15(28)8-27-7-12-14(26-17(27)29)4-5-24-16(12)18(21,22)23/h2-6,9H,7-8H2,1H3,(H,25,28)(H,26,29)/t9-/m0/s1. The van der Waals surface area contributed by atoms with Gasteiger partial charge in [-0.25, -0.2) is 13.6 Å². The second kappa shape index (κ2) is 7.64.